The number of rotatable bonds is 7. The number of nitrogens with one attached hydrogen (secondary N) is 3. The highest BCUT2D eigenvalue weighted by molar-refractivity contribution is 5.63. The summed E-state index contributed by atoms with van der Waals surface area (Å²) in [5, 5.41) is 10.9. The van der Waals surface area contributed by atoms with E-state index < -0.39 is 0 Å². The summed E-state index contributed by atoms with van der Waals surface area (Å²) >= 11 is 0. The number of anilines is 1. The lowest BCUT2D eigenvalue weighted by atomic mass is 9.77. The van der Waals surface area contributed by atoms with Gasteiger partial charge in [0.25, 0.3) is 0 Å². The second-order valence-electron chi connectivity index (χ2n) is 10.8. The molecular formula is C31H40N6O. The number of piperazine rings is 2. The van der Waals surface area contributed by atoms with E-state index in [1.54, 1.807) is 0 Å². The van der Waals surface area contributed by atoms with Crippen molar-refractivity contribution in [2.45, 2.75) is 18.9 Å². The van der Waals surface area contributed by atoms with Crippen molar-refractivity contribution in [3.63, 3.8) is 0 Å². The van der Waals surface area contributed by atoms with E-state index in [1.807, 2.05) is 18.2 Å². The molecule has 200 valence electrons. The van der Waals surface area contributed by atoms with Crippen LogP contribution in [0.3, 0.4) is 0 Å². The Morgan fingerprint density at radius 2 is 1.79 bits per heavy atom. The molecule has 0 amide bonds. The first kappa shape index (κ1) is 25.2. The molecule has 0 radical (unpaired) electrons. The number of piperidine rings is 1. The Hall–Kier alpha value is -3.13. The molecule has 0 bridgehead atoms. The van der Waals surface area contributed by atoms with Crippen LogP contribution in [0.5, 0.6) is 0 Å². The smallest absolute Gasteiger partial charge is 0.153 e. The average Bonchev–Trinajstić information content (AvgIpc) is 3.49. The summed E-state index contributed by atoms with van der Waals surface area (Å²) in [6, 6.07) is 21.7. The van der Waals surface area contributed by atoms with Gasteiger partial charge in [0, 0.05) is 51.9 Å². The van der Waals surface area contributed by atoms with E-state index in [4.69, 9.17) is 9.40 Å². The molecular weight excluding hydrogens is 472 g/mol. The third-order valence-electron chi connectivity index (χ3n) is 8.44. The summed E-state index contributed by atoms with van der Waals surface area (Å²) in [6.45, 7) is 13.2. The summed E-state index contributed by atoms with van der Waals surface area (Å²) < 4.78 is 6.25. The molecule has 3 atom stereocenters. The summed E-state index contributed by atoms with van der Waals surface area (Å²) in [7, 11) is 0. The van der Waals surface area contributed by atoms with Crippen molar-refractivity contribution < 1.29 is 4.42 Å². The summed E-state index contributed by atoms with van der Waals surface area (Å²) in [5.41, 5.74) is 3.27. The molecule has 3 saturated heterocycles. The highest BCUT2D eigenvalue weighted by Crippen LogP contribution is 2.30. The lowest BCUT2D eigenvalue weighted by Crippen LogP contribution is -2.58. The van der Waals surface area contributed by atoms with Crippen molar-refractivity contribution in [1.82, 2.24) is 25.8 Å². The Kier molecular flexibility index (Phi) is 7.76. The number of hydrogen-bond acceptors (Lipinski definition) is 7. The van der Waals surface area contributed by atoms with Gasteiger partial charge < -0.3 is 30.2 Å². The lowest BCUT2D eigenvalue weighted by Gasteiger charge is -2.43. The van der Waals surface area contributed by atoms with Crippen molar-refractivity contribution in [3.05, 3.63) is 78.6 Å². The quantitative estimate of drug-likeness (QED) is 0.448. The Morgan fingerprint density at radius 1 is 0.921 bits per heavy atom. The fraction of sp³-hybridized carbons (Fsp3) is 0.452. The van der Waals surface area contributed by atoms with Crippen LogP contribution in [0, 0.1) is 11.8 Å². The Bertz CT molecular complexity index is 1200. The van der Waals surface area contributed by atoms with Crippen molar-refractivity contribution in [3.8, 4) is 11.5 Å². The third-order valence-corrected chi connectivity index (χ3v) is 8.44. The maximum absolute atomic E-state index is 6.25. The molecule has 5 heterocycles. The normalized spacial score (nSPS) is 24.4. The molecule has 3 aliphatic heterocycles. The Balaban J connectivity index is 1.15. The van der Waals surface area contributed by atoms with Gasteiger partial charge in [-0.1, -0.05) is 43.0 Å². The maximum atomic E-state index is 6.25. The van der Waals surface area contributed by atoms with Crippen LogP contribution in [0.4, 0.5) is 5.82 Å². The molecule has 3 unspecified atom stereocenters. The van der Waals surface area contributed by atoms with Gasteiger partial charge in [0.1, 0.15) is 17.3 Å². The van der Waals surface area contributed by atoms with Crippen molar-refractivity contribution in [2.24, 2.45) is 11.8 Å². The summed E-state index contributed by atoms with van der Waals surface area (Å²) in [4.78, 5) is 9.79. The molecule has 3 aromatic rings. The maximum Gasteiger partial charge on any atom is 0.153 e. The molecule has 3 N–H and O–H groups in total. The third kappa shape index (κ3) is 5.65. The highest BCUT2D eigenvalue weighted by atomic mass is 16.3. The van der Waals surface area contributed by atoms with E-state index in [2.05, 4.69) is 74.8 Å². The molecule has 38 heavy (non-hydrogen) atoms. The Morgan fingerprint density at radius 3 is 2.66 bits per heavy atom. The van der Waals surface area contributed by atoms with Crippen LogP contribution >= 0.6 is 0 Å². The fourth-order valence-corrected chi connectivity index (χ4v) is 6.31. The van der Waals surface area contributed by atoms with E-state index in [-0.39, 0.29) is 0 Å². The zero-order chi connectivity index (χ0) is 25.7. The molecule has 6 rings (SSSR count). The standard InChI is InChI=1S/C31H40N6O/c1-23(36-17-14-32-15-18-36)29-10-11-30(38-29)27-8-5-9-31(35-27)37-19-16-34-28(22-37)26-21-33-13-12-25(26)20-24-6-3-2-4-7-24/h2-11,25-26,28,32-34H,1,12-22H2. The summed E-state index contributed by atoms with van der Waals surface area (Å²) in [5.74, 6) is 3.92. The monoisotopic (exact) mass is 512 g/mol. The minimum Gasteiger partial charge on any atom is -0.453 e. The number of nitrogens with zero attached hydrogens (tertiary/aromatic N) is 3. The first-order valence-corrected chi connectivity index (χ1v) is 14.2. The van der Waals surface area contributed by atoms with Crippen molar-refractivity contribution in [2.75, 3.05) is 63.8 Å². The van der Waals surface area contributed by atoms with Gasteiger partial charge >= 0.3 is 0 Å². The molecule has 0 aliphatic carbocycles. The molecule has 2 aromatic heterocycles. The zero-order valence-corrected chi connectivity index (χ0v) is 22.2. The van der Waals surface area contributed by atoms with Gasteiger partial charge in [0.2, 0.25) is 0 Å². The molecule has 7 heteroatoms. The largest absolute Gasteiger partial charge is 0.453 e. The van der Waals surface area contributed by atoms with E-state index in [0.29, 0.717) is 17.9 Å². The minimum absolute atomic E-state index is 0.438. The highest BCUT2D eigenvalue weighted by Gasteiger charge is 2.34. The topological polar surface area (TPSA) is 68.6 Å². The van der Waals surface area contributed by atoms with Crippen LogP contribution in [-0.2, 0) is 6.42 Å². The second kappa shape index (κ2) is 11.7. The van der Waals surface area contributed by atoms with Gasteiger partial charge in [-0.15, -0.1) is 0 Å². The molecule has 1 aromatic carbocycles. The number of furan rings is 1. The van der Waals surface area contributed by atoms with Gasteiger partial charge in [-0.25, -0.2) is 4.98 Å². The molecule has 3 fully saturated rings. The molecule has 0 saturated carbocycles. The fourth-order valence-electron chi connectivity index (χ4n) is 6.31. The Labute approximate surface area is 226 Å². The predicted octanol–water partition coefficient (Wildman–Crippen LogP) is 3.46. The molecule has 0 spiro atoms. The zero-order valence-electron chi connectivity index (χ0n) is 22.2. The van der Waals surface area contributed by atoms with Crippen LogP contribution in [0.1, 0.15) is 17.7 Å². The van der Waals surface area contributed by atoms with Crippen LogP contribution in [0.2, 0.25) is 0 Å². The van der Waals surface area contributed by atoms with Gasteiger partial charge in [-0.3, -0.25) is 0 Å². The number of benzene rings is 1. The SMILES string of the molecule is C=C(c1ccc(-c2cccc(N3CCNC(C4CNCCC4Cc4ccccc4)C3)n2)o1)N1CCNCC1. The van der Waals surface area contributed by atoms with Gasteiger partial charge in [0.05, 0.1) is 5.70 Å². The predicted molar refractivity (Wildman–Crippen MR) is 154 cm³/mol. The first-order valence-electron chi connectivity index (χ1n) is 14.2. The van der Waals surface area contributed by atoms with Crippen LogP contribution in [-0.4, -0.2) is 74.8 Å². The van der Waals surface area contributed by atoms with E-state index in [9.17, 15) is 0 Å². The van der Waals surface area contributed by atoms with Gasteiger partial charge in [0.15, 0.2) is 5.76 Å². The van der Waals surface area contributed by atoms with Crippen LogP contribution in [0.15, 0.2) is 71.7 Å². The summed E-state index contributed by atoms with van der Waals surface area (Å²) in [6.07, 6.45) is 2.38. The van der Waals surface area contributed by atoms with Crippen molar-refractivity contribution in [1.29, 1.82) is 0 Å². The van der Waals surface area contributed by atoms with E-state index in [0.717, 1.165) is 94.1 Å². The number of pyridine rings is 1. The lowest BCUT2D eigenvalue weighted by molar-refractivity contribution is 0.187. The van der Waals surface area contributed by atoms with Crippen LogP contribution < -0.4 is 20.9 Å². The van der Waals surface area contributed by atoms with Gasteiger partial charge in [-0.05, 0) is 67.6 Å². The van der Waals surface area contributed by atoms with E-state index in [1.165, 1.54) is 12.0 Å². The van der Waals surface area contributed by atoms with Gasteiger partial charge in [-0.2, -0.15) is 0 Å². The van der Waals surface area contributed by atoms with Crippen molar-refractivity contribution >= 4 is 11.5 Å². The molecule has 7 nitrogen and oxygen atoms in total. The van der Waals surface area contributed by atoms with E-state index >= 15 is 0 Å². The first-order chi connectivity index (χ1) is 18.7. The average molecular weight is 513 g/mol. The number of aromatic nitrogens is 1. The van der Waals surface area contributed by atoms with Crippen LogP contribution in [0.25, 0.3) is 17.2 Å². The molecule has 3 aliphatic rings. The minimum atomic E-state index is 0.438. The second-order valence-corrected chi connectivity index (χ2v) is 10.8. The number of hydrogen-bond donors (Lipinski definition) is 3.